The van der Waals surface area contributed by atoms with Crippen LogP contribution in [0.15, 0.2) is 12.1 Å². The van der Waals surface area contributed by atoms with Gasteiger partial charge in [0, 0.05) is 16.1 Å². The van der Waals surface area contributed by atoms with Gasteiger partial charge in [0.15, 0.2) is 0 Å². The monoisotopic (exact) mass is 276 g/mol. The molecule has 2 N–H and O–H groups in total. The summed E-state index contributed by atoms with van der Waals surface area (Å²) in [4.78, 5) is 5.81. The summed E-state index contributed by atoms with van der Waals surface area (Å²) < 4.78 is 0. The molecule has 0 radical (unpaired) electrons. The number of hydrogen-bond donors (Lipinski definition) is 2. The smallest absolute Gasteiger partial charge is 0.123 e. The summed E-state index contributed by atoms with van der Waals surface area (Å²) >= 11 is 1.72. The number of aromatic nitrogens is 1. The number of aryl methyl sites for hydroxylation is 3. The zero-order valence-corrected chi connectivity index (χ0v) is 12.9. The molecule has 0 saturated carbocycles. The standard InChI is InChI=1S/C15H20N2OS/c1-8-6-7-13(9(2)15(8)18)16-10(3)14-11(4)19-12(5)17-14/h6-7,10,16,18H,1-5H3. The van der Waals surface area contributed by atoms with Gasteiger partial charge in [-0.25, -0.2) is 4.98 Å². The molecule has 19 heavy (non-hydrogen) atoms. The summed E-state index contributed by atoms with van der Waals surface area (Å²) in [6, 6.07) is 4.07. The highest BCUT2D eigenvalue weighted by Crippen LogP contribution is 2.31. The lowest BCUT2D eigenvalue weighted by molar-refractivity contribution is 0.467. The number of hydrogen-bond acceptors (Lipinski definition) is 4. The van der Waals surface area contributed by atoms with Gasteiger partial charge in [0.2, 0.25) is 0 Å². The SMILES string of the molecule is Cc1nc(C(C)Nc2ccc(C)c(O)c2C)c(C)s1. The average Bonchev–Trinajstić information content (AvgIpc) is 2.69. The van der Waals surface area contributed by atoms with Crippen molar-refractivity contribution in [1.29, 1.82) is 0 Å². The zero-order valence-electron chi connectivity index (χ0n) is 12.0. The molecule has 0 spiro atoms. The normalized spacial score (nSPS) is 12.5. The Balaban J connectivity index is 2.27. The van der Waals surface area contributed by atoms with E-state index in [-0.39, 0.29) is 6.04 Å². The van der Waals surface area contributed by atoms with Gasteiger partial charge in [0.05, 0.1) is 16.7 Å². The van der Waals surface area contributed by atoms with Crippen molar-refractivity contribution in [1.82, 2.24) is 4.98 Å². The van der Waals surface area contributed by atoms with Crippen LogP contribution < -0.4 is 5.32 Å². The van der Waals surface area contributed by atoms with Gasteiger partial charge < -0.3 is 10.4 Å². The molecule has 2 aromatic rings. The third-order valence-electron chi connectivity index (χ3n) is 3.35. The van der Waals surface area contributed by atoms with Crippen LogP contribution in [0.4, 0.5) is 5.69 Å². The van der Waals surface area contributed by atoms with Gasteiger partial charge in [-0.1, -0.05) is 6.07 Å². The summed E-state index contributed by atoms with van der Waals surface area (Å²) in [5.74, 6) is 0.364. The molecule has 1 atom stereocenters. The fraction of sp³-hybridized carbons (Fsp3) is 0.400. The van der Waals surface area contributed by atoms with Gasteiger partial charge in [-0.3, -0.25) is 0 Å². The van der Waals surface area contributed by atoms with Crippen molar-refractivity contribution in [2.45, 2.75) is 40.7 Å². The van der Waals surface area contributed by atoms with Gasteiger partial charge in [-0.2, -0.15) is 0 Å². The van der Waals surface area contributed by atoms with Crippen LogP contribution in [0.2, 0.25) is 0 Å². The van der Waals surface area contributed by atoms with Crippen LogP contribution in [-0.2, 0) is 0 Å². The fourth-order valence-corrected chi connectivity index (χ4v) is 3.15. The topological polar surface area (TPSA) is 45.2 Å². The lowest BCUT2D eigenvalue weighted by atomic mass is 10.1. The Morgan fingerprint density at radius 2 is 1.89 bits per heavy atom. The van der Waals surface area contributed by atoms with E-state index >= 15 is 0 Å². The van der Waals surface area contributed by atoms with E-state index in [0.29, 0.717) is 5.75 Å². The molecule has 1 heterocycles. The van der Waals surface area contributed by atoms with Crippen LogP contribution in [0.3, 0.4) is 0 Å². The maximum Gasteiger partial charge on any atom is 0.123 e. The van der Waals surface area contributed by atoms with Crippen LogP contribution in [-0.4, -0.2) is 10.1 Å². The van der Waals surface area contributed by atoms with Crippen molar-refractivity contribution < 1.29 is 5.11 Å². The maximum absolute atomic E-state index is 9.98. The van der Waals surface area contributed by atoms with Gasteiger partial charge in [0.1, 0.15) is 5.75 Å². The predicted octanol–water partition coefficient (Wildman–Crippen LogP) is 4.26. The van der Waals surface area contributed by atoms with Crippen molar-refractivity contribution in [3.05, 3.63) is 38.8 Å². The molecule has 0 fully saturated rings. The van der Waals surface area contributed by atoms with Gasteiger partial charge in [-0.05, 0) is 46.2 Å². The number of nitrogens with zero attached hydrogens (tertiary/aromatic N) is 1. The van der Waals surface area contributed by atoms with Crippen LogP contribution in [0.1, 0.15) is 39.7 Å². The Labute approximate surface area is 118 Å². The first-order valence-corrected chi connectivity index (χ1v) is 7.21. The van der Waals surface area contributed by atoms with E-state index in [1.54, 1.807) is 11.3 Å². The molecule has 0 amide bonds. The Bertz CT molecular complexity index is 604. The van der Waals surface area contributed by atoms with Gasteiger partial charge in [-0.15, -0.1) is 11.3 Å². The second kappa shape index (κ2) is 5.21. The Morgan fingerprint density at radius 1 is 1.21 bits per heavy atom. The second-order valence-corrected chi connectivity index (χ2v) is 6.35. The number of nitrogens with one attached hydrogen (secondary N) is 1. The van der Waals surface area contributed by atoms with E-state index in [1.165, 1.54) is 4.88 Å². The summed E-state index contributed by atoms with van der Waals surface area (Å²) in [6.07, 6.45) is 0. The van der Waals surface area contributed by atoms with Crippen molar-refractivity contribution >= 4 is 17.0 Å². The van der Waals surface area contributed by atoms with Gasteiger partial charge in [0.25, 0.3) is 0 Å². The number of aromatic hydroxyl groups is 1. The molecule has 1 aromatic heterocycles. The first kappa shape index (κ1) is 13.9. The predicted molar refractivity (Wildman–Crippen MR) is 81.2 cm³/mol. The Hall–Kier alpha value is -1.55. The van der Waals surface area contributed by atoms with Crippen molar-refractivity contribution in [3.63, 3.8) is 0 Å². The van der Waals surface area contributed by atoms with Crippen LogP contribution >= 0.6 is 11.3 Å². The molecule has 102 valence electrons. The number of anilines is 1. The summed E-state index contributed by atoms with van der Waals surface area (Å²) in [7, 11) is 0. The third kappa shape index (κ3) is 2.73. The van der Waals surface area contributed by atoms with Crippen LogP contribution in [0.5, 0.6) is 5.75 Å². The van der Waals surface area contributed by atoms with E-state index in [0.717, 1.165) is 27.5 Å². The zero-order chi connectivity index (χ0) is 14.2. The Kier molecular flexibility index (Phi) is 3.80. The van der Waals surface area contributed by atoms with Crippen molar-refractivity contribution in [2.24, 2.45) is 0 Å². The number of benzene rings is 1. The van der Waals surface area contributed by atoms with Gasteiger partial charge >= 0.3 is 0 Å². The molecular weight excluding hydrogens is 256 g/mol. The minimum absolute atomic E-state index is 0.130. The van der Waals surface area contributed by atoms with Crippen LogP contribution in [0, 0.1) is 27.7 Å². The quantitative estimate of drug-likeness (QED) is 0.880. The van der Waals surface area contributed by atoms with Crippen LogP contribution in [0.25, 0.3) is 0 Å². The van der Waals surface area contributed by atoms with E-state index in [9.17, 15) is 5.11 Å². The number of phenols is 1. The average molecular weight is 276 g/mol. The van der Waals surface area contributed by atoms with Crippen molar-refractivity contribution in [3.8, 4) is 5.75 Å². The Morgan fingerprint density at radius 3 is 2.47 bits per heavy atom. The third-order valence-corrected chi connectivity index (χ3v) is 4.26. The summed E-state index contributed by atoms with van der Waals surface area (Å²) in [5.41, 5.74) is 3.83. The number of phenolic OH excluding ortho intramolecular Hbond substituents is 1. The van der Waals surface area contributed by atoms with E-state index < -0.39 is 0 Å². The molecule has 0 aliphatic rings. The highest BCUT2D eigenvalue weighted by Gasteiger charge is 2.15. The lowest BCUT2D eigenvalue weighted by Gasteiger charge is -2.17. The molecule has 1 unspecified atom stereocenters. The molecular formula is C15H20N2OS. The highest BCUT2D eigenvalue weighted by molar-refractivity contribution is 7.11. The minimum Gasteiger partial charge on any atom is -0.507 e. The highest BCUT2D eigenvalue weighted by atomic mass is 32.1. The summed E-state index contributed by atoms with van der Waals surface area (Å²) in [5, 5.41) is 14.5. The van der Waals surface area contributed by atoms with E-state index in [1.807, 2.05) is 32.9 Å². The first-order chi connectivity index (χ1) is 8.90. The molecule has 0 bridgehead atoms. The number of rotatable bonds is 3. The van der Waals surface area contributed by atoms with E-state index in [4.69, 9.17) is 0 Å². The van der Waals surface area contributed by atoms with E-state index in [2.05, 4.69) is 24.1 Å². The molecule has 2 rings (SSSR count). The lowest BCUT2D eigenvalue weighted by Crippen LogP contribution is -2.09. The molecule has 3 nitrogen and oxygen atoms in total. The number of thiazole rings is 1. The minimum atomic E-state index is 0.130. The fourth-order valence-electron chi connectivity index (χ4n) is 2.24. The first-order valence-electron chi connectivity index (χ1n) is 6.39. The molecule has 1 aromatic carbocycles. The largest absolute Gasteiger partial charge is 0.507 e. The van der Waals surface area contributed by atoms with Crippen molar-refractivity contribution in [2.75, 3.05) is 5.32 Å². The molecule has 4 heteroatoms. The second-order valence-electron chi connectivity index (χ2n) is 4.94. The molecule has 0 aliphatic carbocycles. The molecule has 0 aliphatic heterocycles. The maximum atomic E-state index is 9.98. The summed E-state index contributed by atoms with van der Waals surface area (Å²) in [6.45, 7) is 10.0. The molecule has 0 saturated heterocycles.